The predicted molar refractivity (Wildman–Crippen MR) is 87.0 cm³/mol. The van der Waals surface area contributed by atoms with E-state index >= 15 is 0 Å². The maximum atomic E-state index is 6.14. The third-order valence-electron chi connectivity index (χ3n) is 3.84. The molecule has 112 valence electrons. The van der Waals surface area contributed by atoms with Crippen LogP contribution in [0.15, 0.2) is 18.2 Å². The van der Waals surface area contributed by atoms with E-state index in [-0.39, 0.29) is 17.2 Å². The van der Waals surface area contributed by atoms with Crippen molar-refractivity contribution in [2.24, 2.45) is 0 Å². The number of benzene rings is 1. The Morgan fingerprint density at radius 3 is 2.40 bits per heavy atom. The number of nitrogens with one attached hydrogen (secondary N) is 1. The smallest absolute Gasteiger partial charge is 0.0834 e. The molecule has 0 amide bonds. The topological polar surface area (TPSA) is 24.5 Å². The molecule has 1 aromatic rings. The van der Waals surface area contributed by atoms with Crippen LogP contribution in [0.3, 0.4) is 0 Å². The number of hydrogen-bond acceptors (Lipinski definition) is 3. The Kier molecular flexibility index (Phi) is 3.96. The first-order valence-corrected chi connectivity index (χ1v) is 7.42. The molecule has 0 aliphatic carbocycles. The van der Waals surface area contributed by atoms with Crippen LogP contribution in [0.1, 0.15) is 34.1 Å². The molecule has 1 heterocycles. The first-order valence-electron chi connectivity index (χ1n) is 7.04. The number of rotatable bonds is 3. The van der Waals surface area contributed by atoms with Crippen LogP contribution in [-0.4, -0.2) is 31.3 Å². The van der Waals surface area contributed by atoms with Gasteiger partial charge in [-0.05, 0) is 52.3 Å². The summed E-state index contributed by atoms with van der Waals surface area (Å²) in [5.41, 5.74) is 1.89. The van der Waals surface area contributed by atoms with E-state index in [1.165, 1.54) is 0 Å². The molecule has 1 saturated heterocycles. The molecule has 0 radical (unpaired) electrons. The Hall–Kier alpha value is -0.930. The Balaban J connectivity index is 2.28. The molecule has 0 aromatic heterocycles. The van der Waals surface area contributed by atoms with Crippen molar-refractivity contribution >= 4 is 23.0 Å². The van der Waals surface area contributed by atoms with Gasteiger partial charge in [-0.15, -0.1) is 0 Å². The van der Waals surface area contributed by atoms with Gasteiger partial charge in [0.05, 0.1) is 28.6 Å². The molecule has 1 atom stereocenters. The second-order valence-electron chi connectivity index (χ2n) is 6.92. The number of hydrogen-bond donors (Lipinski definition) is 1. The van der Waals surface area contributed by atoms with Crippen LogP contribution in [0.25, 0.3) is 0 Å². The van der Waals surface area contributed by atoms with Crippen molar-refractivity contribution in [3.8, 4) is 0 Å². The second kappa shape index (κ2) is 5.12. The summed E-state index contributed by atoms with van der Waals surface area (Å²) in [6.45, 7) is 8.56. The van der Waals surface area contributed by atoms with Gasteiger partial charge in [0, 0.05) is 19.1 Å². The van der Waals surface area contributed by atoms with Crippen LogP contribution in [0.4, 0.5) is 11.4 Å². The fourth-order valence-corrected chi connectivity index (χ4v) is 3.16. The van der Waals surface area contributed by atoms with Crippen molar-refractivity contribution in [2.75, 3.05) is 24.3 Å². The summed E-state index contributed by atoms with van der Waals surface area (Å²) in [6.07, 6.45) is 0.972. The standard InChI is InChI=1S/C16H25ClN2O/c1-15(2)10-14(16(3,4)20-15)18-12-9-11(17)7-8-13(12)19(5)6/h7-9,14,18H,10H2,1-6H3. The maximum Gasteiger partial charge on any atom is 0.0834 e. The van der Waals surface area contributed by atoms with Crippen LogP contribution in [0.5, 0.6) is 0 Å². The van der Waals surface area contributed by atoms with Crippen LogP contribution >= 0.6 is 11.6 Å². The molecule has 2 rings (SSSR count). The molecule has 1 fully saturated rings. The van der Waals surface area contributed by atoms with Gasteiger partial charge in [0.2, 0.25) is 0 Å². The average molecular weight is 297 g/mol. The zero-order chi connectivity index (χ0) is 15.1. The number of ether oxygens (including phenoxy) is 1. The third kappa shape index (κ3) is 3.21. The summed E-state index contributed by atoms with van der Waals surface area (Å²) < 4.78 is 6.14. The second-order valence-corrected chi connectivity index (χ2v) is 7.36. The van der Waals surface area contributed by atoms with Crippen molar-refractivity contribution in [1.82, 2.24) is 0 Å². The molecular weight excluding hydrogens is 272 g/mol. The molecule has 0 saturated carbocycles. The minimum Gasteiger partial charge on any atom is -0.378 e. The van der Waals surface area contributed by atoms with Crippen molar-refractivity contribution in [3.05, 3.63) is 23.2 Å². The van der Waals surface area contributed by atoms with Gasteiger partial charge < -0.3 is 15.0 Å². The molecule has 0 spiro atoms. The van der Waals surface area contributed by atoms with Crippen LogP contribution in [0.2, 0.25) is 5.02 Å². The summed E-state index contributed by atoms with van der Waals surface area (Å²) in [6, 6.07) is 6.20. The quantitative estimate of drug-likeness (QED) is 0.906. The molecular formula is C16H25ClN2O. The van der Waals surface area contributed by atoms with Gasteiger partial charge >= 0.3 is 0 Å². The number of nitrogens with zero attached hydrogens (tertiary/aromatic N) is 1. The molecule has 3 nitrogen and oxygen atoms in total. The molecule has 4 heteroatoms. The van der Waals surface area contributed by atoms with Gasteiger partial charge in [0.15, 0.2) is 0 Å². The van der Waals surface area contributed by atoms with Gasteiger partial charge in [-0.25, -0.2) is 0 Å². The van der Waals surface area contributed by atoms with Gasteiger partial charge in [-0.3, -0.25) is 0 Å². The highest BCUT2D eigenvalue weighted by atomic mass is 35.5. The van der Waals surface area contributed by atoms with Crippen molar-refractivity contribution in [1.29, 1.82) is 0 Å². The predicted octanol–water partition coefficient (Wildman–Crippen LogP) is 4.16. The molecule has 1 aromatic carbocycles. The van der Waals surface area contributed by atoms with Gasteiger partial charge in [0.25, 0.3) is 0 Å². The lowest BCUT2D eigenvalue weighted by Gasteiger charge is -2.30. The van der Waals surface area contributed by atoms with E-state index in [4.69, 9.17) is 16.3 Å². The highest BCUT2D eigenvalue weighted by Gasteiger charge is 2.46. The van der Waals surface area contributed by atoms with Crippen LogP contribution in [-0.2, 0) is 4.74 Å². The zero-order valence-electron chi connectivity index (χ0n) is 13.2. The average Bonchev–Trinajstić information content (AvgIpc) is 2.46. The highest BCUT2D eigenvalue weighted by Crippen LogP contribution is 2.40. The Morgan fingerprint density at radius 1 is 1.25 bits per heavy atom. The van der Waals surface area contributed by atoms with Crippen LogP contribution < -0.4 is 10.2 Å². The van der Waals surface area contributed by atoms with E-state index < -0.39 is 0 Å². The fourth-order valence-electron chi connectivity index (χ4n) is 2.99. The van der Waals surface area contributed by atoms with Crippen LogP contribution in [0, 0.1) is 0 Å². The molecule has 20 heavy (non-hydrogen) atoms. The van der Waals surface area contributed by atoms with E-state index in [2.05, 4.69) is 37.9 Å². The Bertz CT molecular complexity index is 497. The molecule has 1 unspecified atom stereocenters. The number of anilines is 2. The Labute approximate surface area is 127 Å². The van der Waals surface area contributed by atoms with E-state index in [9.17, 15) is 0 Å². The van der Waals surface area contributed by atoms with Crippen molar-refractivity contribution < 1.29 is 4.74 Å². The van der Waals surface area contributed by atoms with Crippen molar-refractivity contribution in [2.45, 2.75) is 51.4 Å². The molecule has 1 aliphatic heterocycles. The third-order valence-corrected chi connectivity index (χ3v) is 4.08. The largest absolute Gasteiger partial charge is 0.378 e. The van der Waals surface area contributed by atoms with Crippen molar-refractivity contribution in [3.63, 3.8) is 0 Å². The highest BCUT2D eigenvalue weighted by molar-refractivity contribution is 6.31. The minimum atomic E-state index is -0.199. The summed E-state index contributed by atoms with van der Waals surface area (Å²) in [5.74, 6) is 0. The lowest BCUT2D eigenvalue weighted by molar-refractivity contribution is -0.0662. The number of halogens is 1. The van der Waals surface area contributed by atoms with Gasteiger partial charge in [-0.2, -0.15) is 0 Å². The monoisotopic (exact) mass is 296 g/mol. The minimum absolute atomic E-state index is 0.0992. The normalized spacial score (nSPS) is 23.6. The van der Waals surface area contributed by atoms with E-state index in [0.717, 1.165) is 22.8 Å². The van der Waals surface area contributed by atoms with Gasteiger partial charge in [-0.1, -0.05) is 11.6 Å². The summed E-state index contributed by atoms with van der Waals surface area (Å²) in [7, 11) is 4.07. The first kappa shape index (κ1) is 15.5. The van der Waals surface area contributed by atoms with E-state index in [0.29, 0.717) is 0 Å². The fraction of sp³-hybridized carbons (Fsp3) is 0.625. The lowest BCUT2D eigenvalue weighted by atomic mass is 9.94. The molecule has 1 N–H and O–H groups in total. The summed E-state index contributed by atoms with van der Waals surface area (Å²) in [5, 5.41) is 4.37. The molecule has 1 aliphatic rings. The zero-order valence-corrected chi connectivity index (χ0v) is 14.0. The summed E-state index contributed by atoms with van der Waals surface area (Å²) >= 11 is 6.14. The molecule has 0 bridgehead atoms. The van der Waals surface area contributed by atoms with E-state index in [1.54, 1.807) is 0 Å². The Morgan fingerprint density at radius 2 is 1.90 bits per heavy atom. The first-order chi connectivity index (χ1) is 9.11. The lowest BCUT2D eigenvalue weighted by Crippen LogP contribution is -2.38. The summed E-state index contributed by atoms with van der Waals surface area (Å²) in [4.78, 5) is 2.09. The van der Waals surface area contributed by atoms with E-state index in [1.807, 2.05) is 32.3 Å². The SMILES string of the molecule is CN(C)c1ccc(Cl)cc1NC1CC(C)(C)OC1(C)C. The van der Waals surface area contributed by atoms with Gasteiger partial charge in [0.1, 0.15) is 0 Å². The maximum absolute atomic E-state index is 6.14.